The van der Waals surface area contributed by atoms with Crippen LogP contribution in [0.2, 0.25) is 12.6 Å². The standard InChI is InChI=1S/C13H28O3Si/c1-11(2)15-17(6,16-12(3)4)8-7-13(5)9-14-10-13/h11-12H,7-10H2,1-6H3. The Labute approximate surface area is 107 Å². The van der Waals surface area contributed by atoms with Crippen LogP contribution in [0, 0.1) is 5.41 Å². The third kappa shape index (κ3) is 5.08. The Balaban J connectivity index is 2.49. The molecule has 0 bridgehead atoms. The second-order valence-electron chi connectivity index (χ2n) is 6.27. The number of hydrogen-bond acceptors (Lipinski definition) is 3. The minimum Gasteiger partial charge on any atom is -0.392 e. The number of hydrogen-bond donors (Lipinski definition) is 0. The fourth-order valence-corrected chi connectivity index (χ4v) is 5.61. The number of ether oxygens (including phenoxy) is 1. The normalized spacial score (nSPS) is 19.8. The van der Waals surface area contributed by atoms with Crippen LogP contribution in [0.4, 0.5) is 0 Å². The summed E-state index contributed by atoms with van der Waals surface area (Å²) in [6.07, 6.45) is 1.64. The lowest BCUT2D eigenvalue weighted by Gasteiger charge is -2.40. The summed E-state index contributed by atoms with van der Waals surface area (Å²) in [5.41, 5.74) is 0.356. The van der Waals surface area contributed by atoms with Crippen molar-refractivity contribution in [1.82, 2.24) is 0 Å². The molecule has 0 unspecified atom stereocenters. The van der Waals surface area contributed by atoms with E-state index in [1.54, 1.807) is 0 Å². The lowest BCUT2D eigenvalue weighted by molar-refractivity contribution is -0.104. The van der Waals surface area contributed by atoms with Gasteiger partial charge in [-0.05, 0) is 46.7 Å². The van der Waals surface area contributed by atoms with E-state index in [0.29, 0.717) is 5.41 Å². The van der Waals surface area contributed by atoms with Crippen molar-refractivity contribution in [3.63, 3.8) is 0 Å². The molecule has 0 radical (unpaired) electrons. The highest BCUT2D eigenvalue weighted by molar-refractivity contribution is 6.66. The van der Waals surface area contributed by atoms with E-state index in [0.717, 1.165) is 25.7 Å². The van der Waals surface area contributed by atoms with Crippen LogP contribution in [0.5, 0.6) is 0 Å². The summed E-state index contributed by atoms with van der Waals surface area (Å²) < 4.78 is 17.5. The summed E-state index contributed by atoms with van der Waals surface area (Å²) >= 11 is 0. The van der Waals surface area contributed by atoms with Gasteiger partial charge < -0.3 is 13.6 Å². The van der Waals surface area contributed by atoms with E-state index < -0.39 is 8.56 Å². The Morgan fingerprint density at radius 2 is 1.59 bits per heavy atom. The molecule has 0 aromatic carbocycles. The summed E-state index contributed by atoms with van der Waals surface area (Å²) in [4.78, 5) is 0. The Kier molecular flexibility index (Phi) is 5.19. The first-order valence-corrected chi connectivity index (χ1v) is 9.20. The quantitative estimate of drug-likeness (QED) is 0.657. The van der Waals surface area contributed by atoms with Crippen molar-refractivity contribution in [2.45, 2.75) is 65.8 Å². The van der Waals surface area contributed by atoms with Crippen LogP contribution in [0.1, 0.15) is 41.0 Å². The van der Waals surface area contributed by atoms with Crippen LogP contribution in [0.3, 0.4) is 0 Å². The molecule has 0 aliphatic carbocycles. The van der Waals surface area contributed by atoms with E-state index in [4.69, 9.17) is 13.6 Å². The number of rotatable bonds is 7. The van der Waals surface area contributed by atoms with E-state index in [2.05, 4.69) is 41.2 Å². The maximum absolute atomic E-state index is 6.09. The molecule has 1 rings (SSSR count). The molecule has 0 aromatic heterocycles. The summed E-state index contributed by atoms with van der Waals surface area (Å²) in [6, 6.07) is 1.06. The molecule has 17 heavy (non-hydrogen) atoms. The monoisotopic (exact) mass is 260 g/mol. The van der Waals surface area contributed by atoms with Gasteiger partial charge in [0.2, 0.25) is 0 Å². The molecule has 0 saturated carbocycles. The van der Waals surface area contributed by atoms with Crippen molar-refractivity contribution in [3.05, 3.63) is 0 Å². The van der Waals surface area contributed by atoms with E-state index in [9.17, 15) is 0 Å². The first-order valence-electron chi connectivity index (χ1n) is 6.68. The molecule has 4 heteroatoms. The highest BCUT2D eigenvalue weighted by Gasteiger charge is 2.40. The third-order valence-electron chi connectivity index (χ3n) is 3.05. The molecule has 1 saturated heterocycles. The van der Waals surface area contributed by atoms with Gasteiger partial charge in [0.15, 0.2) is 0 Å². The Hall–Kier alpha value is 0.0969. The molecule has 1 heterocycles. The second-order valence-corrected chi connectivity index (χ2v) is 9.51. The summed E-state index contributed by atoms with van der Waals surface area (Å²) in [5, 5.41) is 0. The van der Waals surface area contributed by atoms with E-state index >= 15 is 0 Å². The minimum atomic E-state index is -2.02. The van der Waals surface area contributed by atoms with Gasteiger partial charge in [0.05, 0.1) is 13.2 Å². The highest BCUT2D eigenvalue weighted by Crippen LogP contribution is 2.35. The summed E-state index contributed by atoms with van der Waals surface area (Å²) in [5.74, 6) is 0. The van der Waals surface area contributed by atoms with Gasteiger partial charge in [0.25, 0.3) is 0 Å². The van der Waals surface area contributed by atoms with Crippen LogP contribution >= 0.6 is 0 Å². The van der Waals surface area contributed by atoms with Gasteiger partial charge in [0.1, 0.15) is 0 Å². The first-order chi connectivity index (χ1) is 7.75. The largest absolute Gasteiger partial charge is 0.392 e. The zero-order chi connectivity index (χ0) is 13.1. The fourth-order valence-electron chi connectivity index (χ4n) is 2.27. The molecule has 0 N–H and O–H groups in total. The second kappa shape index (κ2) is 5.82. The van der Waals surface area contributed by atoms with E-state index in [-0.39, 0.29) is 12.2 Å². The zero-order valence-corrected chi connectivity index (χ0v) is 13.2. The van der Waals surface area contributed by atoms with Crippen molar-refractivity contribution in [3.8, 4) is 0 Å². The van der Waals surface area contributed by atoms with Gasteiger partial charge in [-0.15, -0.1) is 0 Å². The smallest absolute Gasteiger partial charge is 0.335 e. The van der Waals surface area contributed by atoms with Crippen molar-refractivity contribution >= 4 is 8.56 Å². The molecule has 1 fully saturated rings. The molecule has 0 spiro atoms. The molecular weight excluding hydrogens is 232 g/mol. The molecule has 0 amide bonds. The van der Waals surface area contributed by atoms with E-state index in [1.807, 2.05) is 0 Å². The van der Waals surface area contributed by atoms with Gasteiger partial charge in [-0.3, -0.25) is 0 Å². The van der Waals surface area contributed by atoms with Crippen molar-refractivity contribution in [2.24, 2.45) is 5.41 Å². The van der Waals surface area contributed by atoms with Gasteiger partial charge in [0, 0.05) is 17.6 Å². The Morgan fingerprint density at radius 3 is 1.88 bits per heavy atom. The molecule has 0 aromatic rings. The van der Waals surface area contributed by atoms with Crippen LogP contribution in [-0.4, -0.2) is 34.0 Å². The van der Waals surface area contributed by atoms with Crippen molar-refractivity contribution in [1.29, 1.82) is 0 Å². The predicted molar refractivity (Wildman–Crippen MR) is 72.4 cm³/mol. The lowest BCUT2D eigenvalue weighted by atomic mass is 9.86. The Morgan fingerprint density at radius 1 is 1.12 bits per heavy atom. The Bertz CT molecular complexity index is 227. The molecule has 1 aliphatic rings. The first kappa shape index (κ1) is 15.2. The summed E-state index contributed by atoms with van der Waals surface area (Å²) in [7, 11) is -2.02. The van der Waals surface area contributed by atoms with Crippen LogP contribution in [-0.2, 0) is 13.6 Å². The van der Waals surface area contributed by atoms with Gasteiger partial charge >= 0.3 is 8.56 Å². The molecule has 1 aliphatic heterocycles. The average Bonchev–Trinajstić information content (AvgIpc) is 2.09. The van der Waals surface area contributed by atoms with Gasteiger partial charge in [-0.2, -0.15) is 0 Å². The van der Waals surface area contributed by atoms with Crippen molar-refractivity contribution < 1.29 is 13.6 Å². The molecule has 102 valence electrons. The zero-order valence-electron chi connectivity index (χ0n) is 12.2. The van der Waals surface area contributed by atoms with Crippen molar-refractivity contribution in [2.75, 3.05) is 13.2 Å². The van der Waals surface area contributed by atoms with Crippen LogP contribution < -0.4 is 0 Å². The minimum absolute atomic E-state index is 0.246. The van der Waals surface area contributed by atoms with Crippen LogP contribution in [0.15, 0.2) is 0 Å². The lowest BCUT2D eigenvalue weighted by Crippen LogP contribution is -2.46. The van der Waals surface area contributed by atoms with Gasteiger partial charge in [-0.1, -0.05) is 6.92 Å². The fraction of sp³-hybridized carbons (Fsp3) is 1.00. The van der Waals surface area contributed by atoms with Gasteiger partial charge in [-0.25, -0.2) is 0 Å². The highest BCUT2D eigenvalue weighted by atomic mass is 28.4. The maximum Gasteiger partial charge on any atom is 0.335 e. The van der Waals surface area contributed by atoms with Crippen LogP contribution in [0.25, 0.3) is 0 Å². The average molecular weight is 260 g/mol. The van der Waals surface area contributed by atoms with E-state index in [1.165, 1.54) is 0 Å². The molecular formula is C13H28O3Si. The summed E-state index contributed by atoms with van der Waals surface area (Å²) in [6.45, 7) is 14.6. The SMILES string of the molecule is CC(C)O[Si](C)(CCC1(C)COC1)OC(C)C. The predicted octanol–water partition coefficient (Wildman–Crippen LogP) is 3.34. The topological polar surface area (TPSA) is 27.7 Å². The maximum atomic E-state index is 6.09. The molecule has 0 atom stereocenters. The third-order valence-corrected chi connectivity index (χ3v) is 6.15. The molecule has 3 nitrogen and oxygen atoms in total.